The van der Waals surface area contributed by atoms with Crippen LogP contribution >= 0.6 is 0 Å². The van der Waals surface area contributed by atoms with Gasteiger partial charge in [0.25, 0.3) is 5.69 Å². The molecule has 0 saturated heterocycles. The number of aryl methyl sites for hydroxylation is 1. The summed E-state index contributed by atoms with van der Waals surface area (Å²) in [5, 5.41) is 22.7. The molecule has 1 heterocycles. The number of aliphatic imine (C=N–C) groups is 1. The van der Waals surface area contributed by atoms with Gasteiger partial charge in [-0.1, -0.05) is 36.4 Å². The smallest absolute Gasteiger partial charge is 0.274 e. The van der Waals surface area contributed by atoms with Crippen molar-refractivity contribution in [3.8, 4) is 5.88 Å². The molecule has 4 rings (SSSR count). The summed E-state index contributed by atoms with van der Waals surface area (Å²) in [5.74, 6) is -0.0465. The van der Waals surface area contributed by atoms with Gasteiger partial charge >= 0.3 is 0 Å². The number of aromatic amines is 1. The van der Waals surface area contributed by atoms with Crippen LogP contribution in [0.1, 0.15) is 16.7 Å². The lowest BCUT2D eigenvalue weighted by Gasteiger charge is -2.08. The number of aromatic nitrogens is 1. The lowest BCUT2D eigenvalue weighted by molar-refractivity contribution is -0.385. The Balaban J connectivity index is 1.99. The zero-order valence-corrected chi connectivity index (χ0v) is 15.6. The number of nitrogens with two attached hydrogens (primary N) is 1. The van der Waals surface area contributed by atoms with Crippen LogP contribution in [0.3, 0.4) is 0 Å². The van der Waals surface area contributed by atoms with Gasteiger partial charge in [0.1, 0.15) is 0 Å². The number of hydrogen-bond donors (Lipinski definition) is 3. The van der Waals surface area contributed by atoms with E-state index < -0.39 is 4.92 Å². The van der Waals surface area contributed by atoms with Crippen molar-refractivity contribution in [3.05, 3.63) is 93.5 Å². The number of nitrogens with one attached hydrogen (secondary N) is 1. The highest BCUT2D eigenvalue weighted by molar-refractivity contribution is 6.22. The van der Waals surface area contributed by atoms with E-state index in [9.17, 15) is 15.2 Å². The van der Waals surface area contributed by atoms with Gasteiger partial charge in [0, 0.05) is 33.8 Å². The highest BCUT2D eigenvalue weighted by Gasteiger charge is 2.19. The summed E-state index contributed by atoms with van der Waals surface area (Å²) in [4.78, 5) is 18.5. The van der Waals surface area contributed by atoms with Crippen LogP contribution in [0.25, 0.3) is 10.9 Å². The molecular formula is C22H18N4O3. The van der Waals surface area contributed by atoms with Gasteiger partial charge < -0.3 is 15.8 Å². The molecule has 3 aromatic carbocycles. The predicted octanol–water partition coefficient (Wildman–Crippen LogP) is 4.84. The average Bonchev–Trinajstić information content (AvgIpc) is 3.02. The van der Waals surface area contributed by atoms with Crippen LogP contribution in [0.2, 0.25) is 0 Å². The van der Waals surface area contributed by atoms with Crippen LogP contribution in [0, 0.1) is 17.0 Å². The van der Waals surface area contributed by atoms with Crippen LogP contribution in [0.15, 0.2) is 71.7 Å². The van der Waals surface area contributed by atoms with Crippen LogP contribution in [0.5, 0.6) is 5.88 Å². The molecular weight excluding hydrogens is 368 g/mol. The summed E-state index contributed by atoms with van der Waals surface area (Å²) in [6, 6.07) is 19.4. The highest BCUT2D eigenvalue weighted by Crippen LogP contribution is 2.33. The Bertz CT molecular complexity index is 1260. The number of fused-ring (bicyclic) bond motifs is 1. The Morgan fingerprint density at radius 1 is 1.10 bits per heavy atom. The zero-order chi connectivity index (χ0) is 20.5. The first kappa shape index (κ1) is 18.2. The fourth-order valence-corrected chi connectivity index (χ4v) is 3.29. The summed E-state index contributed by atoms with van der Waals surface area (Å²) in [7, 11) is 0. The van der Waals surface area contributed by atoms with Gasteiger partial charge in [-0.05, 0) is 31.2 Å². The summed E-state index contributed by atoms with van der Waals surface area (Å²) in [6.45, 7) is 1.68. The molecule has 7 heteroatoms. The first-order valence-electron chi connectivity index (χ1n) is 8.94. The fraction of sp³-hybridized carbons (Fsp3) is 0.0455. The molecule has 7 nitrogen and oxygen atoms in total. The largest absolute Gasteiger partial charge is 0.494 e. The second kappa shape index (κ2) is 7.12. The van der Waals surface area contributed by atoms with Crippen molar-refractivity contribution in [1.82, 2.24) is 4.98 Å². The van der Waals surface area contributed by atoms with Crippen LogP contribution < -0.4 is 5.73 Å². The molecule has 0 saturated carbocycles. The summed E-state index contributed by atoms with van der Waals surface area (Å²) in [5.41, 5.74) is 9.91. The van der Waals surface area contributed by atoms with Crippen LogP contribution in [0.4, 0.5) is 17.1 Å². The van der Waals surface area contributed by atoms with Crippen molar-refractivity contribution in [1.29, 1.82) is 0 Å². The number of aromatic hydroxyl groups is 1. The normalized spacial score (nSPS) is 11.7. The molecule has 0 amide bonds. The molecule has 0 fully saturated rings. The van der Waals surface area contributed by atoms with E-state index in [-0.39, 0.29) is 11.6 Å². The number of rotatable bonds is 4. The van der Waals surface area contributed by atoms with Gasteiger partial charge in [-0.2, -0.15) is 0 Å². The minimum atomic E-state index is -0.430. The Morgan fingerprint density at radius 2 is 1.86 bits per heavy atom. The first-order chi connectivity index (χ1) is 13.9. The van der Waals surface area contributed by atoms with Gasteiger partial charge in [-0.25, -0.2) is 4.99 Å². The van der Waals surface area contributed by atoms with Crippen molar-refractivity contribution in [2.45, 2.75) is 6.92 Å². The number of anilines is 1. The highest BCUT2D eigenvalue weighted by atomic mass is 16.6. The lowest BCUT2D eigenvalue weighted by atomic mass is 10.0. The Labute approximate surface area is 166 Å². The maximum Gasteiger partial charge on any atom is 0.274 e. The van der Waals surface area contributed by atoms with Crippen molar-refractivity contribution in [2.24, 2.45) is 4.99 Å². The number of H-pyrrole nitrogens is 1. The van der Waals surface area contributed by atoms with Crippen molar-refractivity contribution >= 4 is 33.7 Å². The number of nitro groups is 1. The van der Waals surface area contributed by atoms with Gasteiger partial charge in [-0.15, -0.1) is 0 Å². The molecule has 0 spiro atoms. The molecule has 0 aliphatic heterocycles. The molecule has 4 N–H and O–H groups in total. The molecule has 29 heavy (non-hydrogen) atoms. The molecule has 0 atom stereocenters. The van der Waals surface area contributed by atoms with Crippen molar-refractivity contribution in [2.75, 3.05) is 5.73 Å². The van der Waals surface area contributed by atoms with Gasteiger partial charge in [0.15, 0.2) is 5.88 Å². The third-order valence-electron chi connectivity index (χ3n) is 4.72. The Morgan fingerprint density at radius 3 is 2.59 bits per heavy atom. The van der Waals surface area contributed by atoms with Crippen LogP contribution in [-0.2, 0) is 0 Å². The van der Waals surface area contributed by atoms with Crippen molar-refractivity contribution in [3.63, 3.8) is 0 Å². The molecule has 0 bridgehead atoms. The monoisotopic (exact) mass is 386 g/mol. The standard InChI is InChI=1S/C22H18N4O3/c1-13-7-9-16(12-19(13)26(28)29)24-21(14-5-3-2-4-6-14)20-17-11-15(23)8-10-18(17)25-22(20)27/h2-12,25,27H,23H2,1H3. The quantitative estimate of drug-likeness (QED) is 0.201. The summed E-state index contributed by atoms with van der Waals surface area (Å²) in [6.07, 6.45) is 0. The lowest BCUT2D eigenvalue weighted by Crippen LogP contribution is -2.03. The van der Waals surface area contributed by atoms with E-state index in [2.05, 4.69) is 9.98 Å². The molecule has 0 radical (unpaired) electrons. The molecule has 4 aromatic rings. The summed E-state index contributed by atoms with van der Waals surface area (Å²) >= 11 is 0. The average molecular weight is 386 g/mol. The second-order valence-corrected chi connectivity index (χ2v) is 6.71. The van der Waals surface area contributed by atoms with Gasteiger partial charge in [-0.3, -0.25) is 10.1 Å². The maximum atomic E-state index is 11.3. The van der Waals surface area contributed by atoms with E-state index in [1.807, 2.05) is 30.3 Å². The Hall–Kier alpha value is -4.13. The number of nitrogens with zero attached hydrogens (tertiary/aromatic N) is 2. The minimum absolute atomic E-state index is 0.00828. The fourth-order valence-electron chi connectivity index (χ4n) is 3.29. The minimum Gasteiger partial charge on any atom is -0.494 e. The van der Waals surface area contributed by atoms with E-state index in [4.69, 9.17) is 5.73 Å². The second-order valence-electron chi connectivity index (χ2n) is 6.71. The third-order valence-corrected chi connectivity index (χ3v) is 4.72. The Kier molecular flexibility index (Phi) is 4.48. The summed E-state index contributed by atoms with van der Waals surface area (Å²) < 4.78 is 0. The van der Waals surface area contributed by atoms with Crippen LogP contribution in [-0.4, -0.2) is 20.7 Å². The first-order valence-corrected chi connectivity index (χ1v) is 8.94. The van der Waals surface area contributed by atoms with Crippen molar-refractivity contribution < 1.29 is 10.0 Å². The molecule has 0 aliphatic carbocycles. The van der Waals surface area contributed by atoms with Gasteiger partial charge in [0.05, 0.1) is 21.9 Å². The molecule has 1 aromatic heterocycles. The van der Waals surface area contributed by atoms with Gasteiger partial charge in [0.2, 0.25) is 0 Å². The SMILES string of the molecule is Cc1ccc(N=C(c2ccccc2)c2c(O)[nH]c3ccc(N)cc23)cc1[N+](=O)[O-]. The van der Waals surface area contributed by atoms with E-state index in [0.29, 0.717) is 39.1 Å². The van der Waals surface area contributed by atoms with E-state index in [0.717, 1.165) is 5.56 Å². The van der Waals surface area contributed by atoms with E-state index in [1.165, 1.54) is 6.07 Å². The zero-order valence-electron chi connectivity index (χ0n) is 15.6. The number of hydrogen-bond acceptors (Lipinski definition) is 5. The third kappa shape index (κ3) is 3.41. The molecule has 0 aliphatic rings. The van der Waals surface area contributed by atoms with E-state index in [1.54, 1.807) is 37.3 Å². The topological polar surface area (TPSA) is 118 Å². The molecule has 144 valence electrons. The number of nitrogen functional groups attached to an aromatic ring is 1. The number of nitro benzene ring substituents is 1. The van der Waals surface area contributed by atoms with E-state index >= 15 is 0 Å². The predicted molar refractivity (Wildman–Crippen MR) is 114 cm³/mol. The number of benzene rings is 3. The maximum absolute atomic E-state index is 11.3. The molecule has 0 unspecified atom stereocenters.